The lowest BCUT2D eigenvalue weighted by molar-refractivity contribution is -0.0167. The van der Waals surface area contributed by atoms with Crippen molar-refractivity contribution in [2.24, 2.45) is 0 Å². The molecule has 0 bridgehead atoms. The second-order valence-corrected chi connectivity index (χ2v) is 4.43. The van der Waals surface area contributed by atoms with Crippen LogP contribution in [0.25, 0.3) is 0 Å². The van der Waals surface area contributed by atoms with E-state index in [2.05, 4.69) is 4.98 Å². The van der Waals surface area contributed by atoms with E-state index in [1.54, 1.807) is 12.1 Å². The molecular weight excluding hydrogens is 206 g/mol. The predicted octanol–water partition coefficient (Wildman–Crippen LogP) is 1.44. The number of aromatic nitrogens is 1. The number of anilines is 2. The zero-order valence-corrected chi connectivity index (χ0v) is 9.99. The maximum Gasteiger partial charge on any atom is 0.215 e. The third-order valence-corrected chi connectivity index (χ3v) is 1.80. The van der Waals surface area contributed by atoms with E-state index in [0.717, 1.165) is 0 Å². The van der Waals surface area contributed by atoms with Crippen LogP contribution in [0.1, 0.15) is 20.8 Å². The van der Waals surface area contributed by atoms with E-state index < -0.39 is 0 Å². The van der Waals surface area contributed by atoms with Gasteiger partial charge in [-0.05, 0) is 26.8 Å². The van der Waals surface area contributed by atoms with Gasteiger partial charge in [-0.3, -0.25) is 0 Å². The van der Waals surface area contributed by atoms with Gasteiger partial charge < -0.3 is 20.9 Å². The topological polar surface area (TPSA) is 83.4 Å². The summed E-state index contributed by atoms with van der Waals surface area (Å²) in [6.45, 7) is 6.93. The average Bonchev–Trinajstić information content (AvgIpc) is 2.17. The molecule has 0 atom stereocenters. The highest BCUT2D eigenvalue weighted by Crippen LogP contribution is 2.16. The first-order valence-electron chi connectivity index (χ1n) is 5.17. The number of pyridine rings is 1. The fourth-order valence-corrected chi connectivity index (χ4v) is 1.04. The van der Waals surface area contributed by atoms with Gasteiger partial charge in [-0.15, -0.1) is 0 Å². The monoisotopic (exact) mass is 225 g/mol. The number of nitrogens with zero attached hydrogens (tertiary/aromatic N) is 1. The van der Waals surface area contributed by atoms with Crippen molar-refractivity contribution < 1.29 is 9.47 Å². The number of nitrogens with two attached hydrogens (primary N) is 2. The van der Waals surface area contributed by atoms with Crippen LogP contribution < -0.4 is 16.2 Å². The van der Waals surface area contributed by atoms with Crippen molar-refractivity contribution in [3.8, 4) is 5.88 Å². The number of hydrogen-bond donors (Lipinski definition) is 2. The normalized spacial score (nSPS) is 11.4. The Kier molecular flexibility index (Phi) is 3.95. The molecule has 0 spiro atoms. The largest absolute Gasteiger partial charge is 0.475 e. The fraction of sp³-hybridized carbons (Fsp3) is 0.545. The summed E-state index contributed by atoms with van der Waals surface area (Å²) in [6.07, 6.45) is 0. The zero-order valence-electron chi connectivity index (χ0n) is 9.99. The first-order valence-corrected chi connectivity index (χ1v) is 5.17. The third-order valence-electron chi connectivity index (χ3n) is 1.80. The fourth-order valence-electron chi connectivity index (χ4n) is 1.04. The predicted molar refractivity (Wildman–Crippen MR) is 64.3 cm³/mol. The molecule has 0 saturated heterocycles. The summed E-state index contributed by atoms with van der Waals surface area (Å²) < 4.78 is 10.9. The molecule has 5 heteroatoms. The van der Waals surface area contributed by atoms with Gasteiger partial charge in [0.15, 0.2) is 5.82 Å². The minimum Gasteiger partial charge on any atom is -0.475 e. The molecule has 0 aliphatic rings. The van der Waals surface area contributed by atoms with E-state index in [-0.39, 0.29) is 11.4 Å². The van der Waals surface area contributed by atoms with Crippen LogP contribution in [0.3, 0.4) is 0 Å². The molecule has 0 aliphatic heterocycles. The number of rotatable bonds is 4. The van der Waals surface area contributed by atoms with Crippen molar-refractivity contribution >= 4 is 11.5 Å². The molecule has 0 amide bonds. The summed E-state index contributed by atoms with van der Waals surface area (Å²) in [5, 5.41) is 0. The van der Waals surface area contributed by atoms with Gasteiger partial charge >= 0.3 is 0 Å². The first kappa shape index (κ1) is 12.6. The molecule has 0 saturated carbocycles. The van der Waals surface area contributed by atoms with Crippen molar-refractivity contribution in [3.63, 3.8) is 0 Å². The molecule has 1 aromatic rings. The Labute approximate surface area is 95.7 Å². The van der Waals surface area contributed by atoms with E-state index >= 15 is 0 Å². The number of nitrogen functional groups attached to an aromatic ring is 2. The molecule has 0 aliphatic carbocycles. The van der Waals surface area contributed by atoms with Gasteiger partial charge in [0.05, 0.1) is 17.9 Å². The minimum atomic E-state index is -0.156. The molecule has 16 heavy (non-hydrogen) atoms. The Morgan fingerprint density at radius 2 is 1.88 bits per heavy atom. The van der Waals surface area contributed by atoms with Crippen LogP contribution >= 0.6 is 0 Å². The van der Waals surface area contributed by atoms with Gasteiger partial charge in [-0.25, -0.2) is 0 Å². The Morgan fingerprint density at radius 1 is 1.19 bits per heavy atom. The molecule has 1 aromatic heterocycles. The van der Waals surface area contributed by atoms with Crippen LogP contribution in [0.15, 0.2) is 12.1 Å². The van der Waals surface area contributed by atoms with E-state index in [4.69, 9.17) is 20.9 Å². The molecule has 5 nitrogen and oxygen atoms in total. The van der Waals surface area contributed by atoms with Crippen molar-refractivity contribution in [1.82, 2.24) is 4.98 Å². The van der Waals surface area contributed by atoms with Crippen LogP contribution in [0, 0.1) is 0 Å². The second-order valence-electron chi connectivity index (χ2n) is 4.43. The highest BCUT2D eigenvalue weighted by molar-refractivity contribution is 5.58. The highest BCUT2D eigenvalue weighted by atomic mass is 16.5. The summed E-state index contributed by atoms with van der Waals surface area (Å²) in [4.78, 5) is 3.98. The first-order chi connectivity index (χ1) is 7.38. The lowest BCUT2D eigenvalue weighted by Gasteiger charge is -2.19. The molecule has 1 rings (SSSR count). The molecule has 1 heterocycles. The van der Waals surface area contributed by atoms with Gasteiger partial charge in [0.2, 0.25) is 5.88 Å². The molecule has 0 unspecified atom stereocenters. The van der Waals surface area contributed by atoms with Crippen molar-refractivity contribution in [2.45, 2.75) is 26.4 Å². The smallest absolute Gasteiger partial charge is 0.215 e. The summed E-state index contributed by atoms with van der Waals surface area (Å²) in [6, 6.07) is 3.35. The molecule has 90 valence electrons. The van der Waals surface area contributed by atoms with Crippen molar-refractivity contribution in [3.05, 3.63) is 12.1 Å². The summed E-state index contributed by atoms with van der Waals surface area (Å²) in [5.41, 5.74) is 11.4. The van der Waals surface area contributed by atoms with Crippen LogP contribution in [-0.2, 0) is 4.74 Å². The second kappa shape index (κ2) is 5.03. The zero-order chi connectivity index (χ0) is 12.2. The minimum absolute atomic E-state index is 0.156. The Hall–Kier alpha value is -1.49. The van der Waals surface area contributed by atoms with E-state index in [9.17, 15) is 0 Å². The summed E-state index contributed by atoms with van der Waals surface area (Å²) in [5.74, 6) is 0.749. The lowest BCUT2D eigenvalue weighted by atomic mass is 10.2. The van der Waals surface area contributed by atoms with E-state index in [1.807, 2.05) is 20.8 Å². The van der Waals surface area contributed by atoms with Gasteiger partial charge in [0, 0.05) is 6.07 Å². The van der Waals surface area contributed by atoms with E-state index in [0.29, 0.717) is 24.8 Å². The van der Waals surface area contributed by atoms with Gasteiger partial charge in [0.25, 0.3) is 0 Å². The summed E-state index contributed by atoms with van der Waals surface area (Å²) in [7, 11) is 0. The van der Waals surface area contributed by atoms with Gasteiger partial charge in [0.1, 0.15) is 6.61 Å². The maximum absolute atomic E-state index is 5.55. The maximum atomic E-state index is 5.55. The molecule has 4 N–H and O–H groups in total. The quantitative estimate of drug-likeness (QED) is 0.757. The lowest BCUT2D eigenvalue weighted by Crippen LogP contribution is -2.22. The molecule has 0 fully saturated rings. The van der Waals surface area contributed by atoms with Crippen molar-refractivity contribution in [1.29, 1.82) is 0 Å². The average molecular weight is 225 g/mol. The van der Waals surface area contributed by atoms with Crippen molar-refractivity contribution in [2.75, 3.05) is 24.7 Å². The Bertz CT molecular complexity index is 348. The highest BCUT2D eigenvalue weighted by Gasteiger charge is 2.09. The number of ether oxygens (including phenoxy) is 2. The number of hydrogen-bond acceptors (Lipinski definition) is 5. The summed E-state index contributed by atoms with van der Waals surface area (Å²) >= 11 is 0. The van der Waals surface area contributed by atoms with Gasteiger partial charge in [-0.2, -0.15) is 4.98 Å². The Morgan fingerprint density at radius 3 is 2.44 bits per heavy atom. The Balaban J connectivity index is 2.35. The molecule has 0 radical (unpaired) electrons. The van der Waals surface area contributed by atoms with Crippen LogP contribution in [0.4, 0.5) is 11.5 Å². The van der Waals surface area contributed by atoms with Crippen LogP contribution in [-0.4, -0.2) is 23.8 Å². The standard InChI is InChI=1S/C11H19N3O2/c1-11(2,3)16-7-6-15-9-5-4-8(12)10(13)14-9/h4-5H,6-7,12H2,1-3H3,(H2,13,14). The molecule has 0 aromatic carbocycles. The van der Waals surface area contributed by atoms with E-state index in [1.165, 1.54) is 0 Å². The SMILES string of the molecule is CC(C)(C)OCCOc1ccc(N)c(N)n1. The third kappa shape index (κ3) is 4.35. The van der Waals surface area contributed by atoms with Crippen LogP contribution in [0.2, 0.25) is 0 Å². The molecular formula is C11H19N3O2. The van der Waals surface area contributed by atoms with Gasteiger partial charge in [-0.1, -0.05) is 0 Å². The van der Waals surface area contributed by atoms with Crippen LogP contribution in [0.5, 0.6) is 5.88 Å².